The molecular weight excluding hydrogens is 204 g/mol. The van der Waals surface area contributed by atoms with E-state index in [1.807, 2.05) is 24.3 Å². The lowest BCUT2D eigenvalue weighted by molar-refractivity contribution is 0.00779. The van der Waals surface area contributed by atoms with Crippen molar-refractivity contribution in [3.63, 3.8) is 0 Å². The van der Waals surface area contributed by atoms with Crippen molar-refractivity contribution in [3.8, 4) is 0 Å². The lowest BCUT2D eigenvalue weighted by atomic mass is 10.2. The largest absolute Gasteiger partial charge is 0.394 e. The van der Waals surface area contributed by atoms with Crippen molar-refractivity contribution in [2.45, 2.75) is 25.0 Å². The number of aliphatic hydroxyl groups is 1. The van der Waals surface area contributed by atoms with E-state index >= 15 is 0 Å². The molecule has 84 valence electrons. The van der Waals surface area contributed by atoms with Crippen molar-refractivity contribution in [3.05, 3.63) is 30.1 Å². The van der Waals surface area contributed by atoms with Crippen LogP contribution in [0.5, 0.6) is 0 Å². The summed E-state index contributed by atoms with van der Waals surface area (Å²) in [5.41, 5.74) is 2.00. The Kier molecular flexibility index (Phi) is 2.38. The number of nitrogens with one attached hydrogen (secondary N) is 1. The molecule has 1 aromatic carbocycles. The SMILES string of the molecule is OC[C@@H]1CCC(c2nc3ccccc3[nH]2)O1. The van der Waals surface area contributed by atoms with E-state index in [1.165, 1.54) is 0 Å². The van der Waals surface area contributed by atoms with Crippen LogP contribution in [0.25, 0.3) is 11.0 Å². The summed E-state index contributed by atoms with van der Waals surface area (Å²) >= 11 is 0. The van der Waals surface area contributed by atoms with E-state index in [4.69, 9.17) is 9.84 Å². The summed E-state index contributed by atoms with van der Waals surface area (Å²) < 4.78 is 5.68. The molecule has 2 atom stereocenters. The minimum absolute atomic E-state index is 0.00421. The molecule has 2 heterocycles. The van der Waals surface area contributed by atoms with E-state index in [0.29, 0.717) is 0 Å². The number of nitrogens with zero attached hydrogens (tertiary/aromatic N) is 1. The molecule has 16 heavy (non-hydrogen) atoms. The third-order valence-electron chi connectivity index (χ3n) is 3.02. The fraction of sp³-hybridized carbons (Fsp3) is 0.417. The van der Waals surface area contributed by atoms with Gasteiger partial charge in [0, 0.05) is 0 Å². The number of aromatic amines is 1. The minimum atomic E-state index is -0.0294. The Morgan fingerprint density at radius 3 is 3.00 bits per heavy atom. The zero-order chi connectivity index (χ0) is 11.0. The number of aromatic nitrogens is 2. The number of ether oxygens (including phenoxy) is 1. The summed E-state index contributed by atoms with van der Waals surface area (Å²) in [5, 5.41) is 9.01. The summed E-state index contributed by atoms with van der Waals surface area (Å²) in [4.78, 5) is 7.77. The van der Waals surface area contributed by atoms with E-state index in [1.54, 1.807) is 0 Å². The Morgan fingerprint density at radius 1 is 1.38 bits per heavy atom. The Labute approximate surface area is 93.3 Å². The van der Waals surface area contributed by atoms with Crippen molar-refractivity contribution < 1.29 is 9.84 Å². The lowest BCUT2D eigenvalue weighted by Gasteiger charge is -2.08. The number of hydrogen-bond acceptors (Lipinski definition) is 3. The zero-order valence-corrected chi connectivity index (χ0v) is 8.89. The molecule has 1 aliphatic rings. The molecule has 1 saturated heterocycles. The summed E-state index contributed by atoms with van der Waals surface area (Å²) in [5.74, 6) is 0.872. The molecule has 4 heteroatoms. The van der Waals surface area contributed by atoms with Gasteiger partial charge in [-0.15, -0.1) is 0 Å². The van der Waals surface area contributed by atoms with Crippen molar-refractivity contribution >= 4 is 11.0 Å². The Balaban J connectivity index is 1.89. The van der Waals surface area contributed by atoms with Crippen LogP contribution < -0.4 is 0 Å². The van der Waals surface area contributed by atoms with Crippen LogP contribution in [0.15, 0.2) is 24.3 Å². The summed E-state index contributed by atoms with van der Waals surface area (Å²) in [7, 11) is 0. The monoisotopic (exact) mass is 218 g/mol. The Bertz CT molecular complexity index is 461. The van der Waals surface area contributed by atoms with Gasteiger partial charge in [-0.2, -0.15) is 0 Å². The lowest BCUT2D eigenvalue weighted by Crippen LogP contribution is -2.11. The summed E-state index contributed by atoms with van der Waals surface area (Å²) in [6.45, 7) is 0.0940. The number of imidazole rings is 1. The van der Waals surface area contributed by atoms with Gasteiger partial charge in [0.25, 0.3) is 0 Å². The topological polar surface area (TPSA) is 58.1 Å². The highest BCUT2D eigenvalue weighted by Crippen LogP contribution is 2.31. The number of rotatable bonds is 2. The first kappa shape index (κ1) is 9.81. The molecule has 1 aromatic heterocycles. The molecule has 1 aliphatic heterocycles. The predicted octanol–water partition coefficient (Wildman–Crippen LogP) is 1.78. The molecule has 0 spiro atoms. The number of hydrogen-bond donors (Lipinski definition) is 2. The highest BCUT2D eigenvalue weighted by molar-refractivity contribution is 5.74. The first-order chi connectivity index (χ1) is 7.86. The summed E-state index contributed by atoms with van der Waals surface area (Å²) in [6, 6.07) is 7.94. The van der Waals surface area contributed by atoms with Gasteiger partial charge in [0.05, 0.1) is 23.7 Å². The van der Waals surface area contributed by atoms with Crippen molar-refractivity contribution in [2.24, 2.45) is 0 Å². The van der Waals surface area contributed by atoms with Gasteiger partial charge in [0.15, 0.2) is 0 Å². The third kappa shape index (κ3) is 1.60. The standard InChI is InChI=1S/C12H14N2O2/c15-7-8-5-6-11(16-8)12-13-9-3-1-2-4-10(9)14-12/h1-4,8,11,15H,5-7H2,(H,13,14)/t8-,11?/m0/s1. The molecule has 0 amide bonds. The summed E-state index contributed by atoms with van der Waals surface area (Å²) in [6.07, 6.45) is 1.80. The van der Waals surface area contributed by atoms with Gasteiger partial charge < -0.3 is 14.8 Å². The van der Waals surface area contributed by atoms with Gasteiger partial charge in [0.2, 0.25) is 0 Å². The maximum atomic E-state index is 9.01. The maximum Gasteiger partial charge on any atom is 0.136 e. The van der Waals surface area contributed by atoms with Crippen LogP contribution in [-0.4, -0.2) is 27.8 Å². The molecule has 2 N–H and O–H groups in total. The van der Waals surface area contributed by atoms with Crippen LogP contribution in [0, 0.1) is 0 Å². The number of para-hydroxylation sites is 2. The van der Waals surface area contributed by atoms with Crippen molar-refractivity contribution in [2.75, 3.05) is 6.61 Å². The van der Waals surface area contributed by atoms with Gasteiger partial charge in [-0.1, -0.05) is 12.1 Å². The van der Waals surface area contributed by atoms with Crippen LogP contribution in [-0.2, 0) is 4.74 Å². The van der Waals surface area contributed by atoms with E-state index in [-0.39, 0.29) is 18.8 Å². The molecule has 2 aromatic rings. The number of H-pyrrole nitrogens is 1. The fourth-order valence-corrected chi connectivity index (χ4v) is 2.17. The van der Waals surface area contributed by atoms with Crippen LogP contribution in [0.2, 0.25) is 0 Å². The number of aliphatic hydroxyl groups excluding tert-OH is 1. The van der Waals surface area contributed by atoms with Gasteiger partial charge in [0.1, 0.15) is 11.9 Å². The average Bonchev–Trinajstić information content (AvgIpc) is 2.95. The Morgan fingerprint density at radius 2 is 2.25 bits per heavy atom. The fourth-order valence-electron chi connectivity index (χ4n) is 2.17. The molecular formula is C12H14N2O2. The van der Waals surface area contributed by atoms with E-state index in [9.17, 15) is 0 Å². The second kappa shape index (κ2) is 3.88. The molecule has 0 radical (unpaired) electrons. The minimum Gasteiger partial charge on any atom is -0.394 e. The molecule has 0 aliphatic carbocycles. The van der Waals surface area contributed by atoms with Gasteiger partial charge in [-0.25, -0.2) is 4.98 Å². The molecule has 1 unspecified atom stereocenters. The van der Waals surface area contributed by atoms with Crippen LogP contribution in [0.1, 0.15) is 24.8 Å². The smallest absolute Gasteiger partial charge is 0.136 e. The first-order valence-electron chi connectivity index (χ1n) is 5.58. The second-order valence-electron chi connectivity index (χ2n) is 4.15. The molecule has 0 saturated carbocycles. The van der Waals surface area contributed by atoms with Crippen molar-refractivity contribution in [1.82, 2.24) is 9.97 Å². The Hall–Kier alpha value is -1.39. The molecule has 3 rings (SSSR count). The second-order valence-corrected chi connectivity index (χ2v) is 4.15. The third-order valence-corrected chi connectivity index (χ3v) is 3.02. The van der Waals surface area contributed by atoms with E-state index in [0.717, 1.165) is 29.7 Å². The normalized spacial score (nSPS) is 25.3. The number of fused-ring (bicyclic) bond motifs is 1. The van der Waals surface area contributed by atoms with Gasteiger partial charge in [-0.3, -0.25) is 0 Å². The van der Waals surface area contributed by atoms with E-state index in [2.05, 4.69) is 9.97 Å². The van der Waals surface area contributed by atoms with Gasteiger partial charge in [-0.05, 0) is 25.0 Å². The molecule has 1 fully saturated rings. The van der Waals surface area contributed by atoms with E-state index < -0.39 is 0 Å². The van der Waals surface area contributed by atoms with Crippen LogP contribution >= 0.6 is 0 Å². The quantitative estimate of drug-likeness (QED) is 0.807. The first-order valence-corrected chi connectivity index (χ1v) is 5.58. The average molecular weight is 218 g/mol. The van der Waals surface area contributed by atoms with Crippen LogP contribution in [0.4, 0.5) is 0 Å². The molecule has 4 nitrogen and oxygen atoms in total. The highest BCUT2D eigenvalue weighted by atomic mass is 16.5. The van der Waals surface area contributed by atoms with Crippen LogP contribution in [0.3, 0.4) is 0 Å². The predicted molar refractivity (Wildman–Crippen MR) is 60.0 cm³/mol. The zero-order valence-electron chi connectivity index (χ0n) is 8.89. The van der Waals surface area contributed by atoms with Gasteiger partial charge >= 0.3 is 0 Å². The number of benzene rings is 1. The van der Waals surface area contributed by atoms with Crippen molar-refractivity contribution in [1.29, 1.82) is 0 Å². The molecule has 0 bridgehead atoms. The highest BCUT2D eigenvalue weighted by Gasteiger charge is 2.27. The maximum absolute atomic E-state index is 9.01.